The van der Waals surface area contributed by atoms with Crippen LogP contribution >= 0.6 is 0 Å². The number of non-ortho nitro benzene ring substituents is 1. The molecule has 3 amide bonds. The van der Waals surface area contributed by atoms with Gasteiger partial charge in [0.25, 0.3) is 17.5 Å². The van der Waals surface area contributed by atoms with Crippen LogP contribution in [-0.2, 0) is 9.53 Å². The van der Waals surface area contributed by atoms with Crippen molar-refractivity contribution >= 4 is 35.2 Å². The first kappa shape index (κ1) is 20.4. The van der Waals surface area contributed by atoms with Crippen molar-refractivity contribution in [3.05, 3.63) is 75.3 Å². The minimum absolute atomic E-state index is 0.0723. The second-order valence-electron chi connectivity index (χ2n) is 7.29. The van der Waals surface area contributed by atoms with Crippen molar-refractivity contribution in [1.29, 1.82) is 0 Å². The van der Waals surface area contributed by atoms with Crippen molar-refractivity contribution in [3.63, 3.8) is 0 Å². The maximum Gasteiger partial charge on any atom is 0.270 e. The number of benzene rings is 2. The molecular formula is C22H19N3O6. The standard InChI is InChI=1S/C22H19N3O6/c26-20(9-6-14-3-1-4-16(11-14)25(29)30)23-15-7-8-18-19(12-15)22(28)24(21(18)27)13-17-5-2-10-31-17/h1,3-4,6-9,11-12,17H,2,5,10,13H2,(H,23,26)/b9-6+. The fourth-order valence-electron chi connectivity index (χ4n) is 3.62. The van der Waals surface area contributed by atoms with Crippen molar-refractivity contribution in [1.82, 2.24) is 4.90 Å². The zero-order chi connectivity index (χ0) is 22.0. The second-order valence-corrected chi connectivity index (χ2v) is 7.29. The van der Waals surface area contributed by atoms with Gasteiger partial charge in [0.15, 0.2) is 0 Å². The SMILES string of the molecule is O=C(/C=C/c1cccc([N+](=O)[O-])c1)Nc1ccc2c(c1)C(=O)N(CC1CCCO1)C2=O. The smallest absolute Gasteiger partial charge is 0.270 e. The predicted molar refractivity (Wildman–Crippen MR) is 112 cm³/mol. The normalized spacial score (nSPS) is 17.9. The van der Waals surface area contributed by atoms with E-state index >= 15 is 0 Å². The molecule has 1 fully saturated rings. The lowest BCUT2D eigenvalue weighted by molar-refractivity contribution is -0.384. The van der Waals surface area contributed by atoms with Gasteiger partial charge in [0, 0.05) is 30.5 Å². The van der Waals surface area contributed by atoms with Gasteiger partial charge >= 0.3 is 0 Å². The topological polar surface area (TPSA) is 119 Å². The number of ether oxygens (including phenoxy) is 1. The van der Waals surface area contributed by atoms with Crippen molar-refractivity contribution in [2.45, 2.75) is 18.9 Å². The molecule has 2 aliphatic rings. The highest BCUT2D eigenvalue weighted by Crippen LogP contribution is 2.27. The molecule has 4 rings (SSSR count). The molecule has 2 heterocycles. The number of hydrogen-bond donors (Lipinski definition) is 1. The van der Waals surface area contributed by atoms with Crippen LogP contribution in [0.5, 0.6) is 0 Å². The number of carbonyl (C=O) groups excluding carboxylic acids is 3. The van der Waals surface area contributed by atoms with E-state index in [-0.39, 0.29) is 29.8 Å². The first-order valence-electron chi connectivity index (χ1n) is 9.78. The van der Waals surface area contributed by atoms with Gasteiger partial charge in [0.2, 0.25) is 5.91 Å². The molecule has 1 unspecified atom stereocenters. The molecule has 9 heteroatoms. The molecule has 0 aliphatic carbocycles. The summed E-state index contributed by atoms with van der Waals surface area (Å²) in [5, 5.41) is 13.5. The van der Waals surface area contributed by atoms with E-state index in [0.717, 1.165) is 12.8 Å². The molecule has 2 aromatic carbocycles. The summed E-state index contributed by atoms with van der Waals surface area (Å²) in [6, 6.07) is 10.4. The summed E-state index contributed by atoms with van der Waals surface area (Å²) >= 11 is 0. The van der Waals surface area contributed by atoms with E-state index in [0.29, 0.717) is 23.4 Å². The largest absolute Gasteiger partial charge is 0.376 e. The Morgan fingerprint density at radius 2 is 2.00 bits per heavy atom. The zero-order valence-corrected chi connectivity index (χ0v) is 16.4. The molecule has 9 nitrogen and oxygen atoms in total. The summed E-state index contributed by atoms with van der Waals surface area (Å²) < 4.78 is 5.52. The molecule has 2 aliphatic heterocycles. The van der Waals surface area contributed by atoms with Gasteiger partial charge in [-0.2, -0.15) is 0 Å². The van der Waals surface area contributed by atoms with Gasteiger partial charge in [-0.25, -0.2) is 0 Å². The van der Waals surface area contributed by atoms with Crippen LogP contribution in [0.2, 0.25) is 0 Å². The summed E-state index contributed by atoms with van der Waals surface area (Å²) in [4.78, 5) is 49.0. The van der Waals surface area contributed by atoms with Gasteiger partial charge in [-0.05, 0) is 42.7 Å². The summed E-state index contributed by atoms with van der Waals surface area (Å²) in [6.07, 6.45) is 4.27. The molecule has 2 aromatic rings. The van der Waals surface area contributed by atoms with Crippen LogP contribution < -0.4 is 5.32 Å². The predicted octanol–water partition coefficient (Wildman–Crippen LogP) is 3.02. The van der Waals surface area contributed by atoms with Gasteiger partial charge in [-0.3, -0.25) is 29.4 Å². The van der Waals surface area contributed by atoms with E-state index in [1.54, 1.807) is 12.1 Å². The second kappa shape index (κ2) is 8.49. The monoisotopic (exact) mass is 421 g/mol. The van der Waals surface area contributed by atoms with E-state index in [2.05, 4.69) is 5.32 Å². The molecule has 158 valence electrons. The molecule has 0 saturated carbocycles. The van der Waals surface area contributed by atoms with Crippen molar-refractivity contribution in [3.8, 4) is 0 Å². The third kappa shape index (κ3) is 4.36. The molecule has 1 atom stereocenters. The summed E-state index contributed by atoms with van der Waals surface area (Å²) in [7, 11) is 0. The molecule has 31 heavy (non-hydrogen) atoms. The van der Waals surface area contributed by atoms with Crippen molar-refractivity contribution in [2.75, 3.05) is 18.5 Å². The number of imide groups is 1. The first-order valence-corrected chi connectivity index (χ1v) is 9.78. The summed E-state index contributed by atoms with van der Waals surface area (Å²) in [5.41, 5.74) is 1.34. The number of nitrogens with one attached hydrogen (secondary N) is 1. The number of nitro groups is 1. The minimum atomic E-state index is -0.512. The maximum absolute atomic E-state index is 12.7. The Bertz CT molecular complexity index is 1100. The average Bonchev–Trinajstić information content (AvgIpc) is 3.35. The van der Waals surface area contributed by atoms with E-state index < -0.39 is 16.7 Å². The van der Waals surface area contributed by atoms with Gasteiger partial charge < -0.3 is 10.1 Å². The molecule has 1 saturated heterocycles. The van der Waals surface area contributed by atoms with Crippen LogP contribution in [0.1, 0.15) is 39.1 Å². The highest BCUT2D eigenvalue weighted by atomic mass is 16.6. The number of anilines is 1. The number of nitro benzene ring substituents is 1. The quantitative estimate of drug-likeness (QED) is 0.331. The van der Waals surface area contributed by atoms with Crippen molar-refractivity contribution < 1.29 is 24.0 Å². The van der Waals surface area contributed by atoms with E-state index in [9.17, 15) is 24.5 Å². The highest BCUT2D eigenvalue weighted by molar-refractivity contribution is 6.22. The Morgan fingerprint density at radius 3 is 2.74 bits per heavy atom. The highest BCUT2D eigenvalue weighted by Gasteiger charge is 2.37. The Hall–Kier alpha value is -3.85. The maximum atomic E-state index is 12.7. The summed E-state index contributed by atoms with van der Waals surface area (Å²) in [6.45, 7) is 0.855. The first-order chi connectivity index (χ1) is 14.9. The van der Waals surface area contributed by atoms with Crippen LogP contribution in [0.15, 0.2) is 48.5 Å². The summed E-state index contributed by atoms with van der Waals surface area (Å²) in [5.74, 6) is -1.24. The Kier molecular flexibility index (Phi) is 5.59. The van der Waals surface area contributed by atoms with Crippen LogP contribution in [-0.4, -0.2) is 46.8 Å². The van der Waals surface area contributed by atoms with E-state index in [4.69, 9.17) is 4.74 Å². The fourth-order valence-corrected chi connectivity index (χ4v) is 3.62. The molecule has 0 radical (unpaired) electrons. The van der Waals surface area contributed by atoms with Crippen molar-refractivity contribution in [2.24, 2.45) is 0 Å². The van der Waals surface area contributed by atoms with Gasteiger partial charge in [0.1, 0.15) is 0 Å². The third-order valence-corrected chi connectivity index (χ3v) is 5.16. The van der Waals surface area contributed by atoms with Crippen LogP contribution in [0.25, 0.3) is 6.08 Å². The van der Waals surface area contributed by atoms with Gasteiger partial charge in [-0.15, -0.1) is 0 Å². The lowest BCUT2D eigenvalue weighted by Crippen LogP contribution is -2.36. The lowest BCUT2D eigenvalue weighted by Gasteiger charge is -2.17. The van der Waals surface area contributed by atoms with Crippen LogP contribution in [0, 0.1) is 10.1 Å². The van der Waals surface area contributed by atoms with E-state index in [1.165, 1.54) is 47.4 Å². The zero-order valence-electron chi connectivity index (χ0n) is 16.4. The molecule has 0 bridgehead atoms. The van der Waals surface area contributed by atoms with Crippen LogP contribution in [0.3, 0.4) is 0 Å². The molecule has 0 spiro atoms. The number of fused-ring (bicyclic) bond motifs is 1. The molecular weight excluding hydrogens is 402 g/mol. The Labute approximate surface area is 177 Å². The number of carbonyl (C=O) groups is 3. The number of amides is 3. The van der Waals surface area contributed by atoms with E-state index in [1.807, 2.05) is 0 Å². The third-order valence-electron chi connectivity index (χ3n) is 5.16. The molecule has 0 aromatic heterocycles. The minimum Gasteiger partial charge on any atom is -0.376 e. The average molecular weight is 421 g/mol. The molecule has 1 N–H and O–H groups in total. The van der Waals surface area contributed by atoms with Gasteiger partial charge in [0.05, 0.1) is 28.7 Å². The number of nitrogens with zero attached hydrogens (tertiary/aromatic N) is 2. The Morgan fingerprint density at radius 1 is 1.19 bits per heavy atom. The van der Waals surface area contributed by atoms with Crippen LogP contribution in [0.4, 0.5) is 11.4 Å². The Balaban J connectivity index is 1.44. The number of hydrogen-bond acceptors (Lipinski definition) is 6. The fraction of sp³-hybridized carbons (Fsp3) is 0.227. The van der Waals surface area contributed by atoms with Gasteiger partial charge in [-0.1, -0.05) is 12.1 Å². The lowest BCUT2D eigenvalue weighted by atomic mass is 10.1. The number of rotatable bonds is 6.